The van der Waals surface area contributed by atoms with Crippen LogP contribution in [-0.4, -0.2) is 17.4 Å². The minimum absolute atomic E-state index is 0.0161. The molecule has 2 aromatic rings. The first-order valence-corrected chi connectivity index (χ1v) is 7.05. The fourth-order valence-electron chi connectivity index (χ4n) is 2.33. The number of fused-ring (bicyclic) bond motifs is 1. The zero-order valence-electron chi connectivity index (χ0n) is 10.9. The highest BCUT2D eigenvalue weighted by Crippen LogP contribution is 2.34. The summed E-state index contributed by atoms with van der Waals surface area (Å²) in [6.07, 6.45) is 5.84. The molecule has 1 atom stereocenters. The number of thiazole rings is 1. The molecule has 1 amide bonds. The molecule has 19 heavy (non-hydrogen) atoms. The number of amides is 1. The van der Waals surface area contributed by atoms with E-state index in [4.69, 9.17) is 6.42 Å². The third-order valence-electron chi connectivity index (χ3n) is 3.67. The lowest BCUT2D eigenvalue weighted by molar-refractivity contribution is -0.117. The molecule has 0 radical (unpaired) electrons. The first kappa shape index (κ1) is 12.2. The predicted molar refractivity (Wildman–Crippen MR) is 78.4 cm³/mol. The third-order valence-corrected chi connectivity index (χ3v) is 4.71. The van der Waals surface area contributed by atoms with Gasteiger partial charge in [-0.05, 0) is 31.0 Å². The number of hydrogen-bond donors (Lipinski definition) is 0. The Hall–Kier alpha value is -1.86. The molecule has 0 aliphatic carbocycles. The lowest BCUT2D eigenvalue weighted by atomic mass is 10.1. The number of nitrogens with zero attached hydrogens (tertiary/aromatic N) is 2. The predicted octanol–water partition coefficient (Wildman–Crippen LogP) is 2.90. The van der Waals surface area contributed by atoms with Crippen molar-refractivity contribution in [2.45, 2.75) is 20.3 Å². The van der Waals surface area contributed by atoms with Crippen LogP contribution in [0.5, 0.6) is 0 Å². The molecule has 1 fully saturated rings. The van der Waals surface area contributed by atoms with Crippen LogP contribution in [0.4, 0.5) is 5.13 Å². The summed E-state index contributed by atoms with van der Waals surface area (Å²) in [7, 11) is 0. The second kappa shape index (κ2) is 4.36. The molecule has 4 heteroatoms. The lowest BCUT2D eigenvalue weighted by Crippen LogP contribution is -2.24. The van der Waals surface area contributed by atoms with E-state index in [1.165, 1.54) is 11.1 Å². The van der Waals surface area contributed by atoms with E-state index >= 15 is 0 Å². The first-order chi connectivity index (χ1) is 9.10. The quantitative estimate of drug-likeness (QED) is 0.746. The summed E-state index contributed by atoms with van der Waals surface area (Å²) in [5.41, 5.74) is 3.40. The Morgan fingerprint density at radius 1 is 1.47 bits per heavy atom. The molecule has 1 aromatic carbocycles. The number of benzene rings is 1. The second-order valence-corrected chi connectivity index (χ2v) is 5.93. The molecular weight excluding hydrogens is 256 g/mol. The molecule has 1 aromatic heterocycles. The molecule has 1 aliphatic heterocycles. The van der Waals surface area contributed by atoms with Gasteiger partial charge >= 0.3 is 0 Å². The lowest BCUT2D eigenvalue weighted by Gasteiger charge is -2.10. The number of rotatable bonds is 1. The highest BCUT2D eigenvalue weighted by molar-refractivity contribution is 7.22. The smallest absolute Gasteiger partial charge is 0.230 e. The van der Waals surface area contributed by atoms with E-state index in [9.17, 15) is 4.79 Å². The number of carbonyl (C=O) groups excluding carboxylic acids is 1. The maximum Gasteiger partial charge on any atom is 0.230 e. The van der Waals surface area contributed by atoms with Crippen LogP contribution in [0.1, 0.15) is 17.5 Å². The molecule has 2 heterocycles. The van der Waals surface area contributed by atoms with Crippen molar-refractivity contribution in [3.63, 3.8) is 0 Å². The normalized spacial score (nSPS) is 19.1. The van der Waals surface area contributed by atoms with Crippen LogP contribution >= 0.6 is 11.3 Å². The number of hydrogen-bond acceptors (Lipinski definition) is 3. The van der Waals surface area contributed by atoms with Crippen molar-refractivity contribution in [2.24, 2.45) is 5.92 Å². The molecule has 1 unspecified atom stereocenters. The first-order valence-electron chi connectivity index (χ1n) is 6.23. The fourth-order valence-corrected chi connectivity index (χ4v) is 3.39. The Morgan fingerprint density at radius 2 is 2.26 bits per heavy atom. The Labute approximate surface area is 116 Å². The highest BCUT2D eigenvalue weighted by Gasteiger charge is 2.31. The minimum Gasteiger partial charge on any atom is -0.287 e. The molecular formula is C15H14N2OS. The number of aryl methyl sites for hydroxylation is 2. The van der Waals surface area contributed by atoms with Crippen LogP contribution in [0.3, 0.4) is 0 Å². The monoisotopic (exact) mass is 270 g/mol. The second-order valence-electron chi connectivity index (χ2n) is 4.92. The van der Waals surface area contributed by atoms with Crippen molar-refractivity contribution in [1.82, 2.24) is 4.98 Å². The van der Waals surface area contributed by atoms with Gasteiger partial charge in [-0.2, -0.15) is 0 Å². The van der Waals surface area contributed by atoms with Crippen molar-refractivity contribution >= 4 is 32.6 Å². The van der Waals surface area contributed by atoms with Crippen LogP contribution < -0.4 is 4.90 Å². The summed E-state index contributed by atoms with van der Waals surface area (Å²) in [4.78, 5) is 18.3. The van der Waals surface area contributed by atoms with Crippen LogP contribution in [0.2, 0.25) is 0 Å². The largest absolute Gasteiger partial charge is 0.287 e. The summed E-state index contributed by atoms with van der Waals surface area (Å²) < 4.78 is 1.12. The Bertz CT molecular complexity index is 711. The van der Waals surface area contributed by atoms with Gasteiger partial charge in [0.1, 0.15) is 0 Å². The number of terminal acetylenes is 1. The molecule has 96 valence electrons. The summed E-state index contributed by atoms with van der Waals surface area (Å²) in [6, 6.07) is 4.16. The Balaban J connectivity index is 2.05. The van der Waals surface area contributed by atoms with E-state index in [-0.39, 0.29) is 11.8 Å². The van der Waals surface area contributed by atoms with Crippen LogP contribution in [0.25, 0.3) is 10.2 Å². The highest BCUT2D eigenvalue weighted by atomic mass is 32.1. The van der Waals surface area contributed by atoms with Gasteiger partial charge in [-0.1, -0.05) is 17.4 Å². The molecule has 3 rings (SSSR count). The molecule has 0 saturated carbocycles. The molecule has 1 aliphatic rings. The van der Waals surface area contributed by atoms with Crippen molar-refractivity contribution in [3.05, 3.63) is 23.3 Å². The average Bonchev–Trinajstić information content (AvgIpc) is 2.97. The third kappa shape index (κ3) is 1.91. The van der Waals surface area contributed by atoms with E-state index in [1.54, 1.807) is 16.2 Å². The van der Waals surface area contributed by atoms with E-state index in [0.717, 1.165) is 15.3 Å². The summed E-state index contributed by atoms with van der Waals surface area (Å²) in [5, 5.41) is 0.770. The van der Waals surface area contributed by atoms with Gasteiger partial charge in [0.15, 0.2) is 5.13 Å². The van der Waals surface area contributed by atoms with Crippen molar-refractivity contribution < 1.29 is 4.79 Å². The van der Waals surface area contributed by atoms with Gasteiger partial charge in [-0.25, -0.2) is 4.98 Å². The summed E-state index contributed by atoms with van der Waals surface area (Å²) in [6.45, 7) is 4.73. The Kier molecular flexibility index (Phi) is 2.79. The van der Waals surface area contributed by atoms with Crippen molar-refractivity contribution in [3.8, 4) is 12.3 Å². The minimum atomic E-state index is 0.0161. The number of anilines is 1. The van der Waals surface area contributed by atoms with Crippen LogP contribution in [-0.2, 0) is 4.79 Å². The average molecular weight is 270 g/mol. The topological polar surface area (TPSA) is 33.2 Å². The number of carbonyl (C=O) groups is 1. The van der Waals surface area contributed by atoms with Crippen LogP contribution in [0.15, 0.2) is 12.1 Å². The Morgan fingerprint density at radius 3 is 2.95 bits per heavy atom. The molecule has 0 bridgehead atoms. The fraction of sp³-hybridized carbons (Fsp3) is 0.333. The zero-order valence-corrected chi connectivity index (χ0v) is 11.8. The van der Waals surface area contributed by atoms with E-state index in [0.29, 0.717) is 13.0 Å². The molecule has 3 nitrogen and oxygen atoms in total. The van der Waals surface area contributed by atoms with Gasteiger partial charge in [0, 0.05) is 18.9 Å². The van der Waals surface area contributed by atoms with Crippen molar-refractivity contribution in [2.75, 3.05) is 11.4 Å². The standard InChI is InChI=1S/C15H14N2OS/c1-4-11-7-13(18)17(8-11)15-16-14-10(3)9(2)5-6-12(14)19-15/h1,5-6,11H,7-8H2,2-3H3. The van der Waals surface area contributed by atoms with Crippen LogP contribution in [0, 0.1) is 32.1 Å². The maximum absolute atomic E-state index is 12.0. The SMILES string of the molecule is C#CC1CC(=O)N(c2nc3c(C)c(C)ccc3s2)C1. The molecule has 0 N–H and O–H groups in total. The number of aromatic nitrogens is 1. The van der Waals surface area contributed by atoms with Crippen molar-refractivity contribution in [1.29, 1.82) is 0 Å². The van der Waals surface area contributed by atoms with Gasteiger partial charge < -0.3 is 0 Å². The van der Waals surface area contributed by atoms with Gasteiger partial charge in [-0.15, -0.1) is 12.3 Å². The summed E-state index contributed by atoms with van der Waals surface area (Å²) in [5.74, 6) is 2.76. The van der Waals surface area contributed by atoms with E-state index < -0.39 is 0 Å². The van der Waals surface area contributed by atoms with E-state index in [2.05, 4.69) is 36.9 Å². The molecule has 1 saturated heterocycles. The van der Waals surface area contributed by atoms with E-state index in [1.807, 2.05) is 0 Å². The van der Waals surface area contributed by atoms with Gasteiger partial charge in [0.25, 0.3) is 0 Å². The van der Waals surface area contributed by atoms with Gasteiger partial charge in [-0.3, -0.25) is 9.69 Å². The van der Waals surface area contributed by atoms with Gasteiger partial charge in [0.2, 0.25) is 5.91 Å². The molecule has 0 spiro atoms. The maximum atomic E-state index is 12.0. The summed E-state index contributed by atoms with van der Waals surface area (Å²) >= 11 is 1.56. The zero-order chi connectivity index (χ0) is 13.6. The van der Waals surface area contributed by atoms with Gasteiger partial charge in [0.05, 0.1) is 10.2 Å².